The van der Waals surface area contributed by atoms with Crippen molar-refractivity contribution in [3.05, 3.63) is 47.0 Å². The molecule has 2 heterocycles. The first-order valence-corrected chi connectivity index (χ1v) is 8.13. The third-order valence-corrected chi connectivity index (χ3v) is 6.59. The lowest BCUT2D eigenvalue weighted by Crippen LogP contribution is -2.72. The summed E-state index contributed by atoms with van der Waals surface area (Å²) < 4.78 is 6.21. The number of nitrogens with one attached hydrogen (secondary N) is 1. The Bertz CT molecular complexity index is 703. The zero-order valence-corrected chi connectivity index (χ0v) is 12.6. The molecule has 0 radical (unpaired) electrons. The van der Waals surface area contributed by atoms with Crippen LogP contribution in [0.2, 0.25) is 0 Å². The molecule has 22 heavy (non-hydrogen) atoms. The molecule has 3 N–H and O–H groups in total. The third-order valence-electron chi connectivity index (χ3n) is 6.59. The van der Waals surface area contributed by atoms with Crippen LogP contribution in [0.1, 0.15) is 32.1 Å². The molecule has 116 valence electrons. The number of aliphatic hydroxyl groups is 2. The Hall–Kier alpha value is -1.52. The van der Waals surface area contributed by atoms with Gasteiger partial charge in [0.25, 0.3) is 0 Å². The molecule has 1 unspecified atom stereocenters. The van der Waals surface area contributed by atoms with E-state index >= 15 is 0 Å². The number of aliphatic hydroxyl groups excluding tert-OH is 1. The van der Waals surface area contributed by atoms with Gasteiger partial charge in [0, 0.05) is 18.0 Å². The van der Waals surface area contributed by atoms with E-state index in [0.29, 0.717) is 18.6 Å². The van der Waals surface area contributed by atoms with E-state index in [9.17, 15) is 10.2 Å². The fourth-order valence-corrected chi connectivity index (χ4v) is 5.64. The second-order valence-corrected chi connectivity index (χ2v) is 7.42. The second-order valence-electron chi connectivity index (χ2n) is 7.42. The fraction of sp³-hybridized carbons (Fsp3) is 0.556. The first kappa shape index (κ1) is 13.0. The van der Waals surface area contributed by atoms with Crippen molar-refractivity contribution in [3.63, 3.8) is 0 Å². The number of hydrogen-bond acceptors (Lipinski definition) is 4. The van der Waals surface area contributed by atoms with Gasteiger partial charge in [-0.3, -0.25) is 0 Å². The van der Waals surface area contributed by atoms with E-state index in [4.69, 9.17) is 4.74 Å². The van der Waals surface area contributed by atoms with Crippen LogP contribution in [0.25, 0.3) is 0 Å². The van der Waals surface area contributed by atoms with Gasteiger partial charge in [-0.05, 0) is 48.9 Å². The van der Waals surface area contributed by atoms with Crippen LogP contribution < -0.4 is 5.32 Å². The van der Waals surface area contributed by atoms with Gasteiger partial charge in [0.05, 0.1) is 11.0 Å². The molecule has 5 aliphatic rings. The molecule has 1 saturated carbocycles. The van der Waals surface area contributed by atoms with Crippen LogP contribution in [0, 0.1) is 5.41 Å². The van der Waals surface area contributed by atoms with E-state index in [2.05, 4.69) is 18.5 Å². The van der Waals surface area contributed by atoms with Gasteiger partial charge in [0.15, 0.2) is 5.76 Å². The molecule has 0 aromatic heterocycles. The lowest BCUT2D eigenvalue weighted by atomic mass is 9.48. The van der Waals surface area contributed by atoms with Gasteiger partial charge >= 0.3 is 0 Å². The molecule has 4 nitrogen and oxygen atoms in total. The summed E-state index contributed by atoms with van der Waals surface area (Å²) in [7, 11) is 0. The minimum atomic E-state index is -0.824. The highest BCUT2D eigenvalue weighted by molar-refractivity contribution is 5.61. The van der Waals surface area contributed by atoms with Crippen molar-refractivity contribution in [3.8, 4) is 0 Å². The Labute approximate surface area is 129 Å². The van der Waals surface area contributed by atoms with E-state index < -0.39 is 11.0 Å². The molecular formula is C18H21NO3. The second kappa shape index (κ2) is 3.69. The van der Waals surface area contributed by atoms with Crippen molar-refractivity contribution in [2.45, 2.75) is 49.9 Å². The van der Waals surface area contributed by atoms with E-state index in [1.54, 1.807) is 0 Å². The predicted octanol–water partition coefficient (Wildman–Crippen LogP) is 2.24. The number of hydrogen-bond donors (Lipinski definition) is 3. The highest BCUT2D eigenvalue weighted by atomic mass is 16.5. The summed E-state index contributed by atoms with van der Waals surface area (Å²) in [5, 5.41) is 25.6. The summed E-state index contributed by atoms with van der Waals surface area (Å²) in [5.74, 6) is 0.869. The summed E-state index contributed by atoms with van der Waals surface area (Å²) in [5.41, 5.74) is 2.94. The van der Waals surface area contributed by atoms with Crippen LogP contribution in [-0.4, -0.2) is 34.5 Å². The van der Waals surface area contributed by atoms with Gasteiger partial charge in [-0.1, -0.05) is 13.2 Å². The Kier molecular flexibility index (Phi) is 2.17. The van der Waals surface area contributed by atoms with Crippen LogP contribution >= 0.6 is 0 Å². The molecule has 0 aromatic rings. The average molecular weight is 299 g/mol. The van der Waals surface area contributed by atoms with Gasteiger partial charge in [-0.15, -0.1) is 0 Å². The lowest BCUT2D eigenvalue weighted by Gasteiger charge is -2.60. The summed E-state index contributed by atoms with van der Waals surface area (Å²) in [6.07, 6.45) is 3.30. The monoisotopic (exact) mass is 299 g/mol. The van der Waals surface area contributed by atoms with Gasteiger partial charge in [0.1, 0.15) is 11.9 Å². The van der Waals surface area contributed by atoms with Crippen molar-refractivity contribution < 1.29 is 14.9 Å². The predicted molar refractivity (Wildman–Crippen MR) is 82.1 cm³/mol. The zero-order chi connectivity index (χ0) is 15.3. The molecule has 2 bridgehead atoms. The summed E-state index contributed by atoms with van der Waals surface area (Å²) in [4.78, 5) is 0. The Morgan fingerprint density at radius 2 is 2.09 bits per heavy atom. The van der Waals surface area contributed by atoms with Gasteiger partial charge in [0.2, 0.25) is 0 Å². The zero-order valence-electron chi connectivity index (χ0n) is 12.6. The Balaban J connectivity index is 1.88. The van der Waals surface area contributed by atoms with Crippen LogP contribution in [0.15, 0.2) is 47.0 Å². The van der Waals surface area contributed by atoms with Gasteiger partial charge < -0.3 is 20.3 Å². The fourth-order valence-electron chi connectivity index (χ4n) is 5.64. The minimum absolute atomic E-state index is 0.0375. The van der Waals surface area contributed by atoms with Crippen molar-refractivity contribution in [2.24, 2.45) is 5.41 Å². The maximum atomic E-state index is 11.6. The maximum absolute atomic E-state index is 11.6. The Morgan fingerprint density at radius 1 is 1.27 bits per heavy atom. The summed E-state index contributed by atoms with van der Waals surface area (Å²) in [6, 6.07) is 0.0375. The highest BCUT2D eigenvalue weighted by Crippen LogP contribution is 2.68. The van der Waals surface area contributed by atoms with Crippen LogP contribution in [0.4, 0.5) is 0 Å². The number of rotatable bonds is 0. The van der Waals surface area contributed by atoms with Gasteiger partial charge in [-0.25, -0.2) is 0 Å². The Morgan fingerprint density at radius 3 is 2.91 bits per heavy atom. The molecule has 2 aliphatic heterocycles. The molecular weight excluding hydrogens is 278 g/mol. The number of allylic oxidation sites excluding steroid dienone is 2. The third kappa shape index (κ3) is 1.14. The van der Waals surface area contributed by atoms with E-state index in [1.165, 1.54) is 5.57 Å². The molecule has 4 heteroatoms. The molecule has 0 amide bonds. The van der Waals surface area contributed by atoms with Crippen molar-refractivity contribution in [1.82, 2.24) is 5.32 Å². The van der Waals surface area contributed by atoms with Crippen molar-refractivity contribution >= 4 is 0 Å². The van der Waals surface area contributed by atoms with E-state index in [-0.39, 0.29) is 17.9 Å². The normalized spacial score (nSPS) is 45.9. The summed E-state index contributed by atoms with van der Waals surface area (Å²) in [6.45, 7) is 9.23. The minimum Gasteiger partial charge on any atom is -0.508 e. The number of piperidine rings is 1. The number of ether oxygens (including phenoxy) is 1. The first-order valence-electron chi connectivity index (χ1n) is 8.13. The van der Waals surface area contributed by atoms with Crippen LogP contribution in [0.5, 0.6) is 0 Å². The van der Waals surface area contributed by atoms with Crippen LogP contribution in [0.3, 0.4) is 0 Å². The highest BCUT2D eigenvalue weighted by Gasteiger charge is 2.72. The van der Waals surface area contributed by atoms with Crippen molar-refractivity contribution in [1.29, 1.82) is 0 Å². The first-order chi connectivity index (χ1) is 10.5. The SMILES string of the molecule is C=C1CC(O)=C2OC3C(=C)CC[C@@]4(O)[C@H]5CC1=C2[C@@]34CCN5. The standard InChI is InChI=1S/C18H21NO3/c1-9-3-4-18(21)13-8-11-10(2)7-12(20)15-14(11)17(18,5-6-19-13)16(9)22-15/h13,16,19-21H,1-8H2/t13-,16?,17+,18-/m1/s1. The van der Waals surface area contributed by atoms with Gasteiger partial charge in [-0.2, -0.15) is 0 Å². The quantitative estimate of drug-likeness (QED) is 0.600. The smallest absolute Gasteiger partial charge is 0.162 e. The largest absolute Gasteiger partial charge is 0.508 e. The van der Waals surface area contributed by atoms with E-state index in [1.807, 2.05) is 0 Å². The topological polar surface area (TPSA) is 61.7 Å². The molecule has 1 spiro atoms. The molecule has 3 aliphatic carbocycles. The lowest BCUT2D eigenvalue weighted by molar-refractivity contribution is -0.159. The van der Waals surface area contributed by atoms with Crippen molar-refractivity contribution in [2.75, 3.05) is 6.54 Å². The molecule has 2 saturated heterocycles. The molecule has 5 rings (SSSR count). The molecule has 0 aromatic carbocycles. The molecule has 3 fully saturated rings. The molecule has 4 atom stereocenters. The van der Waals surface area contributed by atoms with E-state index in [0.717, 1.165) is 42.5 Å². The maximum Gasteiger partial charge on any atom is 0.162 e. The average Bonchev–Trinajstić information content (AvgIpc) is 2.80. The summed E-state index contributed by atoms with van der Waals surface area (Å²) >= 11 is 0. The van der Waals surface area contributed by atoms with Crippen LogP contribution in [-0.2, 0) is 4.74 Å².